The standard InChI is InChI=1S/C41H26N2OS/c1-3-10-27(11-4-1)28-18-21-31(22-19-28)43(36-15-9-17-38-39(36)34-14-7-8-16-37(34)44-38)32-23-24-33-30(26-32)20-25-35-40(33)45-41(42-35)29-12-5-2-6-13-29/h1-26H. The van der Waals surface area contributed by atoms with Gasteiger partial charge in [-0.3, -0.25) is 0 Å². The maximum Gasteiger partial charge on any atom is 0.137 e. The third-order valence-corrected chi connectivity index (χ3v) is 9.64. The maximum absolute atomic E-state index is 6.32. The van der Waals surface area contributed by atoms with Crippen LogP contribution < -0.4 is 4.90 Å². The topological polar surface area (TPSA) is 29.3 Å². The molecular weight excluding hydrogens is 569 g/mol. The van der Waals surface area contributed by atoms with Crippen LogP contribution in [-0.4, -0.2) is 4.98 Å². The van der Waals surface area contributed by atoms with E-state index in [0.29, 0.717) is 0 Å². The van der Waals surface area contributed by atoms with Gasteiger partial charge in [0.05, 0.1) is 21.3 Å². The molecule has 0 fully saturated rings. The summed E-state index contributed by atoms with van der Waals surface area (Å²) in [6.07, 6.45) is 0. The number of benzene rings is 7. The molecule has 2 aromatic heterocycles. The Labute approximate surface area is 264 Å². The van der Waals surface area contributed by atoms with E-state index in [4.69, 9.17) is 9.40 Å². The van der Waals surface area contributed by atoms with Crippen LogP contribution >= 0.6 is 11.3 Å². The van der Waals surface area contributed by atoms with E-state index in [1.165, 1.54) is 26.6 Å². The third kappa shape index (κ3) is 4.38. The van der Waals surface area contributed by atoms with Crippen molar-refractivity contribution < 1.29 is 4.42 Å². The Morgan fingerprint density at radius 2 is 1.20 bits per heavy atom. The van der Waals surface area contributed by atoms with E-state index >= 15 is 0 Å². The molecular formula is C41H26N2OS. The molecule has 0 saturated carbocycles. The zero-order valence-electron chi connectivity index (χ0n) is 24.2. The van der Waals surface area contributed by atoms with Crippen molar-refractivity contribution in [2.24, 2.45) is 0 Å². The maximum atomic E-state index is 6.32. The summed E-state index contributed by atoms with van der Waals surface area (Å²) in [5, 5.41) is 5.64. The number of rotatable bonds is 5. The largest absolute Gasteiger partial charge is 0.456 e. The third-order valence-electron chi connectivity index (χ3n) is 8.49. The van der Waals surface area contributed by atoms with E-state index in [2.05, 4.69) is 144 Å². The Morgan fingerprint density at radius 3 is 2.02 bits per heavy atom. The van der Waals surface area contributed by atoms with Crippen LogP contribution in [0.15, 0.2) is 162 Å². The highest BCUT2D eigenvalue weighted by molar-refractivity contribution is 7.22. The van der Waals surface area contributed by atoms with Crippen molar-refractivity contribution in [1.29, 1.82) is 0 Å². The van der Waals surface area contributed by atoms with Gasteiger partial charge in [0.1, 0.15) is 16.2 Å². The molecule has 0 aliphatic carbocycles. The van der Waals surface area contributed by atoms with E-state index in [0.717, 1.165) is 55.1 Å². The van der Waals surface area contributed by atoms with E-state index < -0.39 is 0 Å². The highest BCUT2D eigenvalue weighted by atomic mass is 32.1. The van der Waals surface area contributed by atoms with Crippen LogP contribution in [-0.2, 0) is 0 Å². The van der Waals surface area contributed by atoms with Crippen LogP contribution in [0.3, 0.4) is 0 Å². The minimum Gasteiger partial charge on any atom is -0.456 e. The summed E-state index contributed by atoms with van der Waals surface area (Å²) in [6, 6.07) is 55.5. The summed E-state index contributed by atoms with van der Waals surface area (Å²) in [5.41, 5.74) is 9.57. The fraction of sp³-hybridized carbons (Fsp3) is 0. The van der Waals surface area contributed by atoms with Gasteiger partial charge in [0.15, 0.2) is 0 Å². The van der Waals surface area contributed by atoms with Gasteiger partial charge in [0, 0.05) is 27.7 Å². The molecule has 0 N–H and O–H groups in total. The number of para-hydroxylation sites is 1. The number of anilines is 3. The van der Waals surface area contributed by atoms with Crippen LogP contribution in [0.5, 0.6) is 0 Å². The second-order valence-electron chi connectivity index (χ2n) is 11.2. The van der Waals surface area contributed by atoms with Crippen LogP contribution in [0.25, 0.3) is 64.6 Å². The van der Waals surface area contributed by atoms with Gasteiger partial charge < -0.3 is 9.32 Å². The fourth-order valence-electron chi connectivity index (χ4n) is 6.35. The summed E-state index contributed by atoms with van der Waals surface area (Å²) < 4.78 is 7.52. The summed E-state index contributed by atoms with van der Waals surface area (Å²) in [7, 11) is 0. The van der Waals surface area contributed by atoms with Crippen LogP contribution in [0.1, 0.15) is 0 Å². The van der Waals surface area contributed by atoms with Gasteiger partial charge in [-0.05, 0) is 65.0 Å². The predicted molar refractivity (Wildman–Crippen MR) is 190 cm³/mol. The molecule has 9 aromatic rings. The Balaban J connectivity index is 1.24. The predicted octanol–water partition coefficient (Wildman–Crippen LogP) is 12.2. The minimum absolute atomic E-state index is 0.875. The molecule has 0 saturated heterocycles. The van der Waals surface area contributed by atoms with Crippen molar-refractivity contribution in [3.63, 3.8) is 0 Å². The first kappa shape index (κ1) is 25.8. The normalized spacial score (nSPS) is 11.6. The average Bonchev–Trinajstić information content (AvgIpc) is 3.72. The lowest BCUT2D eigenvalue weighted by Crippen LogP contribution is -2.10. The fourth-order valence-corrected chi connectivity index (χ4v) is 7.45. The first-order chi connectivity index (χ1) is 22.3. The number of aromatic nitrogens is 1. The Hall–Kier alpha value is -5.71. The van der Waals surface area contributed by atoms with Gasteiger partial charge in [-0.2, -0.15) is 0 Å². The molecule has 0 atom stereocenters. The monoisotopic (exact) mass is 594 g/mol. The summed E-state index contributed by atoms with van der Waals surface area (Å²) in [4.78, 5) is 7.33. The smallest absolute Gasteiger partial charge is 0.137 e. The molecule has 0 bridgehead atoms. The van der Waals surface area contributed by atoms with E-state index in [1.54, 1.807) is 11.3 Å². The molecule has 45 heavy (non-hydrogen) atoms. The number of furan rings is 1. The lowest BCUT2D eigenvalue weighted by molar-refractivity contribution is 0.669. The molecule has 0 spiro atoms. The van der Waals surface area contributed by atoms with Crippen molar-refractivity contribution in [3.8, 4) is 21.7 Å². The van der Waals surface area contributed by atoms with E-state index in [9.17, 15) is 0 Å². The number of hydrogen-bond donors (Lipinski definition) is 0. The van der Waals surface area contributed by atoms with Gasteiger partial charge in [-0.15, -0.1) is 11.3 Å². The quantitative estimate of drug-likeness (QED) is 0.198. The number of thiazole rings is 1. The Bertz CT molecular complexity index is 2480. The second kappa shape index (κ2) is 10.5. The molecule has 0 aliphatic heterocycles. The van der Waals surface area contributed by atoms with E-state index in [1.807, 2.05) is 18.2 Å². The molecule has 7 aromatic carbocycles. The van der Waals surface area contributed by atoms with Gasteiger partial charge in [-0.1, -0.05) is 109 Å². The highest BCUT2D eigenvalue weighted by Gasteiger charge is 2.20. The first-order valence-electron chi connectivity index (χ1n) is 15.0. The summed E-state index contributed by atoms with van der Waals surface area (Å²) >= 11 is 1.75. The van der Waals surface area contributed by atoms with Crippen molar-refractivity contribution in [2.45, 2.75) is 0 Å². The Kier molecular flexibility index (Phi) is 6.00. The molecule has 0 aliphatic rings. The molecule has 3 nitrogen and oxygen atoms in total. The van der Waals surface area contributed by atoms with Crippen molar-refractivity contribution in [1.82, 2.24) is 4.98 Å². The summed E-state index contributed by atoms with van der Waals surface area (Å²) in [5.74, 6) is 0. The van der Waals surface area contributed by atoms with Crippen molar-refractivity contribution in [3.05, 3.63) is 158 Å². The number of nitrogens with zero attached hydrogens (tertiary/aromatic N) is 2. The molecule has 0 radical (unpaired) electrons. The lowest BCUT2D eigenvalue weighted by Gasteiger charge is -2.27. The number of hydrogen-bond acceptors (Lipinski definition) is 4. The SMILES string of the molecule is c1ccc(-c2ccc(N(c3ccc4c(ccc5nc(-c6ccccc6)sc54)c3)c3cccc4oc5ccccc5c34)cc2)cc1. The van der Waals surface area contributed by atoms with Gasteiger partial charge in [0.25, 0.3) is 0 Å². The van der Waals surface area contributed by atoms with Gasteiger partial charge in [-0.25, -0.2) is 4.98 Å². The van der Waals surface area contributed by atoms with Crippen LogP contribution in [0, 0.1) is 0 Å². The Morgan fingerprint density at radius 1 is 0.511 bits per heavy atom. The van der Waals surface area contributed by atoms with E-state index in [-0.39, 0.29) is 0 Å². The molecule has 212 valence electrons. The van der Waals surface area contributed by atoms with Crippen LogP contribution in [0.4, 0.5) is 17.1 Å². The molecule has 9 rings (SSSR count). The summed E-state index contributed by atoms with van der Waals surface area (Å²) in [6.45, 7) is 0. The molecule has 0 unspecified atom stereocenters. The second-order valence-corrected chi connectivity index (χ2v) is 12.2. The van der Waals surface area contributed by atoms with Gasteiger partial charge >= 0.3 is 0 Å². The zero-order chi connectivity index (χ0) is 29.7. The highest BCUT2D eigenvalue weighted by Crippen LogP contribution is 2.44. The van der Waals surface area contributed by atoms with Crippen molar-refractivity contribution >= 4 is 71.3 Å². The number of fused-ring (bicyclic) bond motifs is 6. The zero-order valence-corrected chi connectivity index (χ0v) is 25.0. The van der Waals surface area contributed by atoms with Crippen molar-refractivity contribution in [2.75, 3.05) is 4.90 Å². The first-order valence-corrected chi connectivity index (χ1v) is 15.9. The molecule has 2 heterocycles. The molecule has 4 heteroatoms. The lowest BCUT2D eigenvalue weighted by atomic mass is 10.0. The minimum atomic E-state index is 0.875. The average molecular weight is 595 g/mol. The van der Waals surface area contributed by atoms with Gasteiger partial charge in [0.2, 0.25) is 0 Å². The molecule has 0 amide bonds. The van der Waals surface area contributed by atoms with Crippen LogP contribution in [0.2, 0.25) is 0 Å².